The van der Waals surface area contributed by atoms with Gasteiger partial charge in [0.2, 0.25) is 0 Å². The van der Waals surface area contributed by atoms with Gasteiger partial charge in [0.1, 0.15) is 5.82 Å². The first kappa shape index (κ1) is 14.1. The molecule has 4 heteroatoms. The monoisotopic (exact) mass is 272 g/mol. The lowest BCUT2D eigenvalue weighted by Gasteiger charge is -2.12. The number of anilines is 1. The third kappa shape index (κ3) is 3.57. The van der Waals surface area contributed by atoms with Gasteiger partial charge in [-0.2, -0.15) is 0 Å². The molecule has 0 bridgehead atoms. The third-order valence-electron chi connectivity index (χ3n) is 3.01. The van der Waals surface area contributed by atoms with Crippen LogP contribution in [-0.4, -0.2) is 20.0 Å². The Labute approximate surface area is 118 Å². The van der Waals surface area contributed by atoms with E-state index in [1.165, 1.54) is 12.1 Å². The van der Waals surface area contributed by atoms with Crippen molar-refractivity contribution >= 4 is 11.6 Å². The molecule has 0 radical (unpaired) electrons. The van der Waals surface area contributed by atoms with E-state index in [9.17, 15) is 9.18 Å². The number of nitrogens with one attached hydrogen (secondary N) is 1. The van der Waals surface area contributed by atoms with Crippen LogP contribution < -0.4 is 10.2 Å². The molecule has 2 rings (SSSR count). The molecule has 2 aromatic rings. The molecular formula is C16H17FN2O. The van der Waals surface area contributed by atoms with E-state index in [-0.39, 0.29) is 11.7 Å². The van der Waals surface area contributed by atoms with E-state index in [2.05, 4.69) is 5.32 Å². The lowest BCUT2D eigenvalue weighted by molar-refractivity contribution is 0.0951. The Balaban J connectivity index is 1.96. The zero-order valence-corrected chi connectivity index (χ0v) is 11.6. The minimum absolute atomic E-state index is 0.139. The second-order valence-corrected chi connectivity index (χ2v) is 4.75. The average Bonchev–Trinajstić information content (AvgIpc) is 2.46. The highest BCUT2D eigenvalue weighted by Gasteiger charge is 2.05. The molecule has 1 amide bonds. The normalized spacial score (nSPS) is 10.2. The minimum Gasteiger partial charge on any atom is -0.378 e. The molecule has 0 aromatic heterocycles. The van der Waals surface area contributed by atoms with Gasteiger partial charge < -0.3 is 10.2 Å². The molecule has 0 aliphatic rings. The van der Waals surface area contributed by atoms with Gasteiger partial charge in [0.25, 0.3) is 5.91 Å². The number of nitrogens with zero attached hydrogens (tertiary/aromatic N) is 1. The van der Waals surface area contributed by atoms with E-state index >= 15 is 0 Å². The summed E-state index contributed by atoms with van der Waals surface area (Å²) in [6.45, 7) is 0.383. The van der Waals surface area contributed by atoms with Crippen molar-refractivity contribution in [1.82, 2.24) is 5.32 Å². The number of amides is 1. The van der Waals surface area contributed by atoms with Gasteiger partial charge in [0, 0.05) is 31.9 Å². The summed E-state index contributed by atoms with van der Waals surface area (Å²) in [5.74, 6) is -0.418. The fourth-order valence-electron chi connectivity index (χ4n) is 1.80. The highest BCUT2D eigenvalue weighted by molar-refractivity contribution is 5.94. The molecule has 0 saturated heterocycles. The van der Waals surface area contributed by atoms with Crippen molar-refractivity contribution < 1.29 is 9.18 Å². The highest BCUT2D eigenvalue weighted by Crippen LogP contribution is 2.12. The Morgan fingerprint density at radius 3 is 2.20 bits per heavy atom. The Kier molecular flexibility index (Phi) is 4.35. The Bertz CT molecular complexity index is 576. The summed E-state index contributed by atoms with van der Waals surface area (Å²) >= 11 is 0. The molecule has 1 N–H and O–H groups in total. The second-order valence-electron chi connectivity index (χ2n) is 4.75. The molecule has 20 heavy (non-hydrogen) atoms. The van der Waals surface area contributed by atoms with Crippen LogP contribution in [0.2, 0.25) is 0 Å². The Morgan fingerprint density at radius 1 is 1.05 bits per heavy atom. The van der Waals surface area contributed by atoms with Crippen molar-refractivity contribution in [2.75, 3.05) is 19.0 Å². The number of benzene rings is 2. The van der Waals surface area contributed by atoms with Gasteiger partial charge in [0.05, 0.1) is 0 Å². The van der Waals surface area contributed by atoms with Crippen LogP contribution in [0, 0.1) is 5.82 Å². The first-order valence-electron chi connectivity index (χ1n) is 6.36. The molecule has 104 valence electrons. The average molecular weight is 272 g/mol. The molecule has 3 nitrogen and oxygen atoms in total. The minimum atomic E-state index is -0.278. The summed E-state index contributed by atoms with van der Waals surface area (Å²) in [5.41, 5.74) is 2.52. The smallest absolute Gasteiger partial charge is 0.251 e. The Morgan fingerprint density at radius 2 is 1.65 bits per heavy atom. The fourth-order valence-corrected chi connectivity index (χ4v) is 1.80. The van der Waals surface area contributed by atoms with Gasteiger partial charge in [-0.15, -0.1) is 0 Å². The fraction of sp³-hybridized carbons (Fsp3) is 0.188. The van der Waals surface area contributed by atoms with Crippen LogP contribution in [0.3, 0.4) is 0 Å². The second kappa shape index (κ2) is 6.19. The van der Waals surface area contributed by atoms with Crippen LogP contribution in [0.4, 0.5) is 10.1 Å². The lowest BCUT2D eigenvalue weighted by atomic mass is 10.1. The van der Waals surface area contributed by atoms with Crippen molar-refractivity contribution in [3.63, 3.8) is 0 Å². The van der Waals surface area contributed by atoms with Crippen LogP contribution in [0.25, 0.3) is 0 Å². The quantitative estimate of drug-likeness (QED) is 0.928. The summed E-state index contributed by atoms with van der Waals surface area (Å²) < 4.78 is 12.8. The van der Waals surface area contributed by atoms with Crippen LogP contribution in [0.1, 0.15) is 15.9 Å². The maximum Gasteiger partial charge on any atom is 0.251 e. The topological polar surface area (TPSA) is 32.3 Å². The van der Waals surface area contributed by atoms with Gasteiger partial charge in [-0.25, -0.2) is 4.39 Å². The first-order chi connectivity index (χ1) is 9.56. The van der Waals surface area contributed by atoms with Crippen LogP contribution in [-0.2, 0) is 6.54 Å². The van der Waals surface area contributed by atoms with Crippen LogP contribution >= 0.6 is 0 Å². The number of carbonyl (C=O) groups is 1. The molecule has 0 spiro atoms. The number of hydrogen-bond donors (Lipinski definition) is 1. The zero-order valence-electron chi connectivity index (χ0n) is 11.6. The van der Waals surface area contributed by atoms with Gasteiger partial charge in [-0.05, 0) is 42.0 Å². The van der Waals surface area contributed by atoms with Crippen molar-refractivity contribution in [3.8, 4) is 0 Å². The molecule has 0 fully saturated rings. The number of rotatable bonds is 4. The van der Waals surface area contributed by atoms with E-state index in [0.717, 1.165) is 11.3 Å². The summed E-state index contributed by atoms with van der Waals surface area (Å²) in [6.07, 6.45) is 0. The molecule has 0 atom stereocenters. The van der Waals surface area contributed by atoms with Crippen molar-refractivity contribution in [3.05, 3.63) is 65.5 Å². The maximum absolute atomic E-state index is 12.8. The summed E-state index contributed by atoms with van der Waals surface area (Å²) in [4.78, 5) is 13.9. The number of carbonyl (C=O) groups excluding carboxylic acids is 1. The van der Waals surface area contributed by atoms with E-state index in [1.807, 2.05) is 31.1 Å². The number of halogens is 1. The van der Waals surface area contributed by atoms with Crippen molar-refractivity contribution in [1.29, 1.82) is 0 Å². The van der Waals surface area contributed by atoms with E-state index < -0.39 is 0 Å². The summed E-state index contributed by atoms with van der Waals surface area (Å²) in [6, 6.07) is 13.4. The van der Waals surface area contributed by atoms with E-state index in [1.54, 1.807) is 24.3 Å². The molecule has 0 unspecified atom stereocenters. The van der Waals surface area contributed by atoms with E-state index in [4.69, 9.17) is 0 Å². The number of hydrogen-bond acceptors (Lipinski definition) is 2. The standard InChI is InChI=1S/C16H17FN2O/c1-19(2)15-9-5-13(6-10-15)16(20)18-11-12-3-7-14(17)8-4-12/h3-10H,11H2,1-2H3,(H,18,20). The van der Waals surface area contributed by atoms with Crippen LogP contribution in [0.15, 0.2) is 48.5 Å². The zero-order chi connectivity index (χ0) is 14.5. The predicted molar refractivity (Wildman–Crippen MR) is 78.3 cm³/mol. The largest absolute Gasteiger partial charge is 0.378 e. The molecule has 2 aromatic carbocycles. The van der Waals surface area contributed by atoms with Crippen LogP contribution in [0.5, 0.6) is 0 Å². The van der Waals surface area contributed by atoms with Crippen molar-refractivity contribution in [2.24, 2.45) is 0 Å². The summed E-state index contributed by atoms with van der Waals surface area (Å²) in [7, 11) is 3.90. The maximum atomic E-state index is 12.8. The molecule has 0 aliphatic carbocycles. The van der Waals surface area contributed by atoms with Crippen molar-refractivity contribution in [2.45, 2.75) is 6.54 Å². The Hall–Kier alpha value is -2.36. The molecule has 0 heterocycles. The lowest BCUT2D eigenvalue weighted by Crippen LogP contribution is -2.22. The summed E-state index contributed by atoms with van der Waals surface area (Å²) in [5, 5.41) is 2.81. The predicted octanol–water partition coefficient (Wildman–Crippen LogP) is 2.82. The molecular weight excluding hydrogens is 255 g/mol. The van der Waals surface area contributed by atoms with Gasteiger partial charge in [-0.3, -0.25) is 4.79 Å². The van der Waals surface area contributed by atoms with Gasteiger partial charge in [0.15, 0.2) is 0 Å². The van der Waals surface area contributed by atoms with E-state index in [0.29, 0.717) is 12.1 Å². The molecule has 0 aliphatic heterocycles. The first-order valence-corrected chi connectivity index (χ1v) is 6.36. The SMILES string of the molecule is CN(C)c1ccc(C(=O)NCc2ccc(F)cc2)cc1. The third-order valence-corrected chi connectivity index (χ3v) is 3.01. The van der Waals surface area contributed by atoms with Gasteiger partial charge in [-0.1, -0.05) is 12.1 Å². The molecule has 0 saturated carbocycles. The highest BCUT2D eigenvalue weighted by atomic mass is 19.1. The van der Waals surface area contributed by atoms with Gasteiger partial charge >= 0.3 is 0 Å².